The Balaban J connectivity index is 2.01. The second kappa shape index (κ2) is 6.45. The van der Waals surface area contributed by atoms with Crippen LogP contribution >= 0.6 is 0 Å². The minimum absolute atomic E-state index is 0.0589. The number of amides is 2. The molecule has 4 nitrogen and oxygen atoms in total. The van der Waals surface area contributed by atoms with Crippen molar-refractivity contribution in [1.82, 2.24) is 5.32 Å². The molecule has 1 saturated carbocycles. The quantitative estimate of drug-likeness (QED) is 0.909. The first kappa shape index (κ1) is 13.7. The van der Waals surface area contributed by atoms with Gasteiger partial charge < -0.3 is 10.1 Å². The number of nitrogens with one attached hydrogen (secondary N) is 1. The summed E-state index contributed by atoms with van der Waals surface area (Å²) in [6.45, 7) is 0. The van der Waals surface area contributed by atoms with Crippen LogP contribution in [0.25, 0.3) is 0 Å². The first-order valence-electron chi connectivity index (χ1n) is 6.89. The summed E-state index contributed by atoms with van der Waals surface area (Å²) in [6.07, 6.45) is 5.89. The molecule has 0 aromatic heterocycles. The normalized spacial score (nSPS) is 15.9. The van der Waals surface area contributed by atoms with Gasteiger partial charge in [-0.3, -0.25) is 4.90 Å². The van der Waals surface area contributed by atoms with E-state index in [1.807, 2.05) is 24.3 Å². The number of carbonyl (C=O) groups is 1. The molecule has 0 spiro atoms. The number of para-hydroxylation sites is 2. The van der Waals surface area contributed by atoms with Gasteiger partial charge in [0.15, 0.2) is 0 Å². The molecule has 1 aliphatic carbocycles. The van der Waals surface area contributed by atoms with Crippen LogP contribution in [0, 0.1) is 0 Å². The Morgan fingerprint density at radius 1 is 1.26 bits per heavy atom. The van der Waals surface area contributed by atoms with Gasteiger partial charge in [-0.2, -0.15) is 0 Å². The van der Waals surface area contributed by atoms with E-state index in [-0.39, 0.29) is 6.03 Å². The van der Waals surface area contributed by atoms with Crippen LogP contribution in [0.1, 0.15) is 32.1 Å². The van der Waals surface area contributed by atoms with Crippen LogP contribution < -0.4 is 15.0 Å². The third kappa shape index (κ3) is 3.40. The van der Waals surface area contributed by atoms with Gasteiger partial charge in [-0.05, 0) is 25.0 Å². The van der Waals surface area contributed by atoms with Crippen LogP contribution in [0.3, 0.4) is 0 Å². The summed E-state index contributed by atoms with van der Waals surface area (Å²) in [7, 11) is 3.39. The highest BCUT2D eigenvalue weighted by atomic mass is 16.5. The number of carbonyl (C=O) groups excluding carboxylic acids is 1. The fourth-order valence-corrected chi connectivity index (χ4v) is 2.53. The number of hydrogen-bond donors (Lipinski definition) is 1. The Bertz CT molecular complexity index is 428. The van der Waals surface area contributed by atoms with E-state index in [9.17, 15) is 4.79 Å². The molecule has 104 valence electrons. The lowest BCUT2D eigenvalue weighted by molar-refractivity contribution is 0.239. The standard InChI is InChI=1S/C15H22N2O2/c1-17(13-10-6-7-11-14(13)19-2)15(18)16-12-8-4-3-5-9-12/h6-7,10-12H,3-5,8-9H2,1-2H3,(H,16,18). The summed E-state index contributed by atoms with van der Waals surface area (Å²) < 4.78 is 5.28. The van der Waals surface area contributed by atoms with Crippen molar-refractivity contribution in [3.8, 4) is 5.75 Å². The maximum atomic E-state index is 12.2. The molecule has 0 bridgehead atoms. The maximum absolute atomic E-state index is 12.2. The molecule has 0 radical (unpaired) electrons. The molecule has 1 aromatic carbocycles. The van der Waals surface area contributed by atoms with Gasteiger partial charge in [-0.25, -0.2) is 4.79 Å². The van der Waals surface area contributed by atoms with Gasteiger partial charge in [0.2, 0.25) is 0 Å². The largest absolute Gasteiger partial charge is 0.495 e. The number of ether oxygens (including phenoxy) is 1. The molecule has 0 heterocycles. The molecule has 4 heteroatoms. The highest BCUT2D eigenvalue weighted by Crippen LogP contribution is 2.27. The molecule has 0 unspecified atom stereocenters. The highest BCUT2D eigenvalue weighted by Gasteiger charge is 2.20. The topological polar surface area (TPSA) is 41.6 Å². The van der Waals surface area contributed by atoms with Crippen LogP contribution in [0.15, 0.2) is 24.3 Å². The van der Waals surface area contributed by atoms with Crippen LogP contribution in [-0.4, -0.2) is 26.2 Å². The van der Waals surface area contributed by atoms with Gasteiger partial charge in [0.1, 0.15) is 5.75 Å². The first-order valence-corrected chi connectivity index (χ1v) is 6.89. The average molecular weight is 262 g/mol. The minimum atomic E-state index is -0.0589. The zero-order valence-electron chi connectivity index (χ0n) is 11.7. The zero-order valence-corrected chi connectivity index (χ0v) is 11.7. The van der Waals surface area contributed by atoms with Gasteiger partial charge in [0, 0.05) is 13.1 Å². The second-order valence-electron chi connectivity index (χ2n) is 5.02. The number of nitrogens with zero attached hydrogens (tertiary/aromatic N) is 1. The van der Waals surface area contributed by atoms with Gasteiger partial charge in [0.25, 0.3) is 0 Å². The smallest absolute Gasteiger partial charge is 0.321 e. The van der Waals surface area contributed by atoms with E-state index in [2.05, 4.69) is 5.32 Å². The fraction of sp³-hybridized carbons (Fsp3) is 0.533. The molecule has 19 heavy (non-hydrogen) atoms. The first-order chi connectivity index (χ1) is 9.22. The Morgan fingerprint density at radius 3 is 2.63 bits per heavy atom. The minimum Gasteiger partial charge on any atom is -0.495 e. The maximum Gasteiger partial charge on any atom is 0.321 e. The van der Waals surface area contributed by atoms with E-state index in [1.54, 1.807) is 19.1 Å². The van der Waals surface area contributed by atoms with E-state index < -0.39 is 0 Å². The fourth-order valence-electron chi connectivity index (χ4n) is 2.53. The number of anilines is 1. The molecular formula is C15H22N2O2. The molecule has 1 fully saturated rings. The van der Waals surface area contributed by atoms with Crippen LogP contribution in [0.4, 0.5) is 10.5 Å². The van der Waals surface area contributed by atoms with E-state index in [0.29, 0.717) is 11.8 Å². The lowest BCUT2D eigenvalue weighted by Crippen LogP contribution is -2.44. The Kier molecular flexibility index (Phi) is 4.66. The van der Waals surface area contributed by atoms with Crippen molar-refractivity contribution in [1.29, 1.82) is 0 Å². The number of urea groups is 1. The molecule has 1 aromatic rings. The summed E-state index contributed by atoms with van der Waals surface area (Å²) >= 11 is 0. The molecular weight excluding hydrogens is 240 g/mol. The van der Waals surface area contributed by atoms with Crippen LogP contribution in [-0.2, 0) is 0 Å². The highest BCUT2D eigenvalue weighted by molar-refractivity contribution is 5.93. The Morgan fingerprint density at radius 2 is 1.95 bits per heavy atom. The molecule has 2 amide bonds. The van der Waals surface area contributed by atoms with Crippen molar-refractivity contribution < 1.29 is 9.53 Å². The number of hydrogen-bond acceptors (Lipinski definition) is 2. The van der Waals surface area contributed by atoms with Gasteiger partial charge >= 0.3 is 6.03 Å². The second-order valence-corrected chi connectivity index (χ2v) is 5.02. The van der Waals surface area contributed by atoms with E-state index in [1.165, 1.54) is 19.3 Å². The molecule has 2 rings (SSSR count). The van der Waals surface area contributed by atoms with Crippen molar-refractivity contribution in [3.05, 3.63) is 24.3 Å². The summed E-state index contributed by atoms with van der Waals surface area (Å²) in [5, 5.41) is 3.10. The molecule has 1 N–H and O–H groups in total. The molecule has 0 atom stereocenters. The predicted octanol–water partition coefficient (Wildman–Crippen LogP) is 3.17. The monoisotopic (exact) mass is 262 g/mol. The van der Waals surface area contributed by atoms with Gasteiger partial charge in [-0.1, -0.05) is 31.4 Å². The lowest BCUT2D eigenvalue weighted by atomic mass is 9.96. The van der Waals surface area contributed by atoms with E-state index in [4.69, 9.17) is 4.74 Å². The van der Waals surface area contributed by atoms with Gasteiger partial charge in [-0.15, -0.1) is 0 Å². The molecule has 0 saturated heterocycles. The van der Waals surface area contributed by atoms with Crippen molar-refractivity contribution in [2.45, 2.75) is 38.1 Å². The number of methoxy groups -OCH3 is 1. The molecule has 1 aliphatic rings. The van der Waals surface area contributed by atoms with E-state index in [0.717, 1.165) is 18.5 Å². The van der Waals surface area contributed by atoms with Crippen molar-refractivity contribution in [2.75, 3.05) is 19.1 Å². The average Bonchev–Trinajstić information content (AvgIpc) is 2.47. The van der Waals surface area contributed by atoms with E-state index >= 15 is 0 Å². The Labute approximate surface area is 114 Å². The van der Waals surface area contributed by atoms with Gasteiger partial charge in [0.05, 0.1) is 12.8 Å². The van der Waals surface area contributed by atoms with Crippen LogP contribution in [0.5, 0.6) is 5.75 Å². The van der Waals surface area contributed by atoms with Crippen molar-refractivity contribution >= 4 is 11.7 Å². The van der Waals surface area contributed by atoms with Crippen LogP contribution in [0.2, 0.25) is 0 Å². The lowest BCUT2D eigenvalue weighted by Gasteiger charge is -2.26. The Hall–Kier alpha value is -1.71. The van der Waals surface area contributed by atoms with Crippen molar-refractivity contribution in [3.63, 3.8) is 0 Å². The molecule has 0 aliphatic heterocycles. The van der Waals surface area contributed by atoms with Crippen molar-refractivity contribution in [2.24, 2.45) is 0 Å². The predicted molar refractivity (Wildman–Crippen MR) is 76.8 cm³/mol. The third-order valence-corrected chi connectivity index (χ3v) is 3.68. The SMILES string of the molecule is COc1ccccc1N(C)C(=O)NC1CCCCC1. The summed E-state index contributed by atoms with van der Waals surface area (Å²) in [5.74, 6) is 0.712. The number of rotatable bonds is 3. The third-order valence-electron chi connectivity index (χ3n) is 3.68. The summed E-state index contributed by atoms with van der Waals surface area (Å²) in [6, 6.07) is 7.81. The summed E-state index contributed by atoms with van der Waals surface area (Å²) in [5.41, 5.74) is 0.790. The number of benzene rings is 1. The zero-order chi connectivity index (χ0) is 13.7. The summed E-state index contributed by atoms with van der Waals surface area (Å²) in [4.78, 5) is 13.9.